The summed E-state index contributed by atoms with van der Waals surface area (Å²) in [4.78, 5) is 1.60. The van der Waals surface area contributed by atoms with E-state index in [2.05, 4.69) is 5.32 Å². The summed E-state index contributed by atoms with van der Waals surface area (Å²) in [5.41, 5.74) is 0. The van der Waals surface area contributed by atoms with Crippen LogP contribution in [0.25, 0.3) is 0 Å². The van der Waals surface area contributed by atoms with Crippen LogP contribution >= 0.6 is 0 Å². The van der Waals surface area contributed by atoms with Crippen LogP contribution in [0.3, 0.4) is 0 Å². The second-order valence-electron chi connectivity index (χ2n) is 3.67. The molecule has 2 unspecified atom stereocenters. The largest absolute Gasteiger partial charge is 0.390 e. The summed E-state index contributed by atoms with van der Waals surface area (Å²) in [7, 11) is -4.23. The summed E-state index contributed by atoms with van der Waals surface area (Å²) in [5, 5.41) is 11.5. The normalized spacial score (nSPS) is 23.7. The monoisotopic (exact) mass is 238 g/mol. The number of nitrogens with one attached hydrogen (secondary N) is 1. The van der Waals surface area contributed by atoms with Gasteiger partial charge in [-0.3, -0.25) is 9.45 Å². The Labute approximate surface area is 90.0 Å². The van der Waals surface area contributed by atoms with Crippen molar-refractivity contribution in [2.45, 2.75) is 24.8 Å². The third-order valence-electron chi connectivity index (χ3n) is 2.56. The van der Waals surface area contributed by atoms with Gasteiger partial charge in [-0.2, -0.15) is 8.42 Å². The Bertz CT molecular complexity index is 287. The Morgan fingerprint density at radius 1 is 1.40 bits per heavy atom. The lowest BCUT2D eigenvalue weighted by Gasteiger charge is -2.34. The first kappa shape index (κ1) is 12.9. The highest BCUT2D eigenvalue weighted by atomic mass is 32.2. The average molecular weight is 238 g/mol. The molecule has 1 fully saturated rings. The predicted molar refractivity (Wildman–Crippen MR) is 56.1 cm³/mol. The Hall–Kier alpha value is -0.210. The number of hydrogen-bond donors (Lipinski definition) is 3. The standard InChI is InChI=1S/C8H18N2O4S/c1-2-7(11)8(15(12,13)14)10-5-3-9-4-6-10/h7-9,11H,2-6H2,1H3,(H,12,13,14). The van der Waals surface area contributed by atoms with E-state index in [0.29, 0.717) is 32.6 Å². The van der Waals surface area contributed by atoms with Gasteiger partial charge >= 0.3 is 0 Å². The van der Waals surface area contributed by atoms with E-state index >= 15 is 0 Å². The highest BCUT2D eigenvalue weighted by Gasteiger charge is 2.36. The first-order chi connectivity index (χ1) is 6.96. The van der Waals surface area contributed by atoms with Crippen molar-refractivity contribution in [1.82, 2.24) is 10.2 Å². The zero-order valence-electron chi connectivity index (χ0n) is 8.76. The van der Waals surface area contributed by atoms with E-state index < -0.39 is 21.6 Å². The fraction of sp³-hybridized carbons (Fsp3) is 1.00. The van der Waals surface area contributed by atoms with Crippen LogP contribution in [0.5, 0.6) is 0 Å². The van der Waals surface area contributed by atoms with Crippen molar-refractivity contribution in [2.24, 2.45) is 0 Å². The first-order valence-electron chi connectivity index (χ1n) is 5.06. The molecule has 1 heterocycles. The fourth-order valence-corrected chi connectivity index (χ4v) is 2.95. The Morgan fingerprint density at radius 3 is 2.33 bits per heavy atom. The summed E-state index contributed by atoms with van der Waals surface area (Å²) >= 11 is 0. The zero-order valence-corrected chi connectivity index (χ0v) is 9.57. The quantitative estimate of drug-likeness (QED) is 0.537. The smallest absolute Gasteiger partial charge is 0.283 e. The summed E-state index contributed by atoms with van der Waals surface area (Å²) in [6.07, 6.45) is -0.743. The molecule has 1 aliphatic heterocycles. The number of piperazine rings is 1. The summed E-state index contributed by atoms with van der Waals surface area (Å²) in [6, 6.07) is 0. The van der Waals surface area contributed by atoms with Gasteiger partial charge in [0.2, 0.25) is 0 Å². The summed E-state index contributed by atoms with van der Waals surface area (Å²) < 4.78 is 31.4. The second-order valence-corrected chi connectivity index (χ2v) is 5.18. The lowest BCUT2D eigenvalue weighted by molar-refractivity contribution is 0.0750. The highest BCUT2D eigenvalue weighted by molar-refractivity contribution is 7.86. The fourth-order valence-electron chi connectivity index (χ4n) is 1.77. The Kier molecular flexibility index (Phi) is 4.47. The molecule has 2 atom stereocenters. The van der Waals surface area contributed by atoms with E-state index in [1.807, 2.05) is 0 Å². The van der Waals surface area contributed by atoms with E-state index in [0.717, 1.165) is 0 Å². The maximum absolute atomic E-state index is 11.2. The molecule has 15 heavy (non-hydrogen) atoms. The molecule has 0 spiro atoms. The molecule has 0 aromatic carbocycles. The van der Waals surface area contributed by atoms with Crippen LogP contribution in [0, 0.1) is 0 Å². The number of aliphatic hydroxyl groups is 1. The molecule has 0 amide bonds. The minimum absolute atomic E-state index is 0.300. The van der Waals surface area contributed by atoms with Gasteiger partial charge in [-0.25, -0.2) is 0 Å². The SMILES string of the molecule is CCC(O)C(N1CCNCC1)S(=O)(=O)O. The van der Waals surface area contributed by atoms with Gasteiger partial charge in [0.15, 0.2) is 5.37 Å². The van der Waals surface area contributed by atoms with Crippen molar-refractivity contribution in [3.8, 4) is 0 Å². The Morgan fingerprint density at radius 2 is 1.93 bits per heavy atom. The molecule has 6 nitrogen and oxygen atoms in total. The van der Waals surface area contributed by atoms with Crippen molar-refractivity contribution in [1.29, 1.82) is 0 Å². The molecular formula is C8H18N2O4S. The third-order valence-corrected chi connectivity index (χ3v) is 3.79. The first-order valence-corrected chi connectivity index (χ1v) is 6.56. The Balaban J connectivity index is 2.80. The molecular weight excluding hydrogens is 220 g/mol. The highest BCUT2D eigenvalue weighted by Crippen LogP contribution is 2.14. The molecule has 1 aliphatic rings. The molecule has 0 saturated carbocycles. The molecule has 0 aliphatic carbocycles. The molecule has 0 radical (unpaired) electrons. The van der Waals surface area contributed by atoms with Crippen LogP contribution < -0.4 is 5.32 Å². The van der Waals surface area contributed by atoms with E-state index in [-0.39, 0.29) is 0 Å². The molecule has 0 aromatic rings. The lowest BCUT2D eigenvalue weighted by atomic mass is 10.2. The van der Waals surface area contributed by atoms with Crippen molar-refractivity contribution >= 4 is 10.1 Å². The summed E-state index contributed by atoms with van der Waals surface area (Å²) in [5.74, 6) is 0. The van der Waals surface area contributed by atoms with Crippen LogP contribution in [0.4, 0.5) is 0 Å². The van der Waals surface area contributed by atoms with Crippen LogP contribution in [0.2, 0.25) is 0 Å². The van der Waals surface area contributed by atoms with Gasteiger partial charge < -0.3 is 10.4 Å². The van der Waals surface area contributed by atoms with Crippen molar-refractivity contribution in [2.75, 3.05) is 26.2 Å². The topological polar surface area (TPSA) is 89.9 Å². The van der Waals surface area contributed by atoms with Gasteiger partial charge in [0.05, 0.1) is 6.10 Å². The maximum atomic E-state index is 11.2. The van der Waals surface area contributed by atoms with Gasteiger partial charge in [-0.1, -0.05) is 6.92 Å². The molecule has 1 saturated heterocycles. The summed E-state index contributed by atoms with van der Waals surface area (Å²) in [6.45, 7) is 4.05. The second kappa shape index (κ2) is 5.22. The van der Waals surface area contributed by atoms with E-state index in [1.165, 1.54) is 0 Å². The van der Waals surface area contributed by atoms with Gasteiger partial charge in [-0.15, -0.1) is 0 Å². The number of hydrogen-bond acceptors (Lipinski definition) is 5. The minimum Gasteiger partial charge on any atom is -0.390 e. The van der Waals surface area contributed by atoms with Crippen LogP contribution in [-0.2, 0) is 10.1 Å². The molecule has 0 bridgehead atoms. The molecule has 3 N–H and O–H groups in total. The van der Waals surface area contributed by atoms with E-state index in [1.54, 1.807) is 11.8 Å². The molecule has 1 rings (SSSR count). The maximum Gasteiger partial charge on any atom is 0.283 e. The van der Waals surface area contributed by atoms with Gasteiger partial charge in [-0.05, 0) is 6.42 Å². The lowest BCUT2D eigenvalue weighted by Crippen LogP contribution is -2.55. The molecule has 90 valence electrons. The third kappa shape index (κ3) is 3.39. The average Bonchev–Trinajstić information content (AvgIpc) is 2.17. The van der Waals surface area contributed by atoms with Crippen LogP contribution in [0.15, 0.2) is 0 Å². The molecule has 0 aromatic heterocycles. The van der Waals surface area contributed by atoms with Gasteiger partial charge in [0, 0.05) is 26.2 Å². The number of rotatable bonds is 4. The predicted octanol–water partition coefficient (Wildman–Crippen LogP) is -1.12. The van der Waals surface area contributed by atoms with E-state index in [4.69, 9.17) is 4.55 Å². The van der Waals surface area contributed by atoms with Crippen LogP contribution in [-0.4, -0.2) is 60.6 Å². The molecule has 7 heteroatoms. The minimum atomic E-state index is -4.23. The number of nitrogens with zero attached hydrogens (tertiary/aromatic N) is 1. The van der Waals surface area contributed by atoms with Crippen LogP contribution in [0.1, 0.15) is 13.3 Å². The van der Waals surface area contributed by atoms with E-state index in [9.17, 15) is 13.5 Å². The van der Waals surface area contributed by atoms with Crippen molar-refractivity contribution in [3.05, 3.63) is 0 Å². The van der Waals surface area contributed by atoms with Gasteiger partial charge in [0.25, 0.3) is 10.1 Å². The van der Waals surface area contributed by atoms with Gasteiger partial charge in [0.1, 0.15) is 0 Å². The van der Waals surface area contributed by atoms with Crippen molar-refractivity contribution in [3.63, 3.8) is 0 Å². The van der Waals surface area contributed by atoms with Crippen molar-refractivity contribution < 1.29 is 18.1 Å². The zero-order chi connectivity index (χ0) is 11.5. The number of aliphatic hydroxyl groups excluding tert-OH is 1.